The molecule has 1 atom stereocenters. The molecular weight excluding hydrogens is 147 g/mol. The molecule has 0 heterocycles. The highest BCUT2D eigenvalue weighted by atomic mass is 31.2. The zero-order valence-electron chi connectivity index (χ0n) is 4.48. The van der Waals surface area contributed by atoms with Crippen molar-refractivity contribution < 1.29 is 23.9 Å². The molecule has 0 aliphatic carbocycles. The summed E-state index contributed by atoms with van der Waals surface area (Å²) in [4.78, 5) is 18.0. The third kappa shape index (κ3) is 2.60. The predicted molar refractivity (Wildman–Crippen MR) is 29.2 cm³/mol. The summed E-state index contributed by atoms with van der Waals surface area (Å²) >= 11 is 0. The second-order valence-corrected chi connectivity index (χ2v) is 2.82. The van der Waals surface area contributed by atoms with Gasteiger partial charge in [-0.25, -0.2) is 9.36 Å². The molecular formula is C3H6O5P. The van der Waals surface area contributed by atoms with E-state index in [1.807, 2.05) is 0 Å². The van der Waals surface area contributed by atoms with Crippen molar-refractivity contribution >= 4 is 13.3 Å². The number of carbonyl (C=O) groups is 1. The fraction of sp³-hybridized carbons (Fsp3) is 0.333. The van der Waals surface area contributed by atoms with Crippen molar-refractivity contribution in [3.8, 4) is 0 Å². The van der Waals surface area contributed by atoms with Crippen LogP contribution < -0.4 is 0 Å². The minimum Gasteiger partial charge on any atom is -0.472 e. The molecule has 0 aliphatic heterocycles. The van der Waals surface area contributed by atoms with E-state index in [2.05, 4.69) is 11.4 Å². The third-order valence-corrected chi connectivity index (χ3v) is 1.52. The normalized spacial score (nSPS) is 16.7. The monoisotopic (exact) mass is 153 g/mol. The van der Waals surface area contributed by atoms with Crippen LogP contribution in [0.5, 0.6) is 0 Å². The van der Waals surface area contributed by atoms with Gasteiger partial charge in [0.2, 0.25) is 0 Å². The Morgan fingerprint density at radius 1 is 1.78 bits per heavy atom. The third-order valence-electron chi connectivity index (χ3n) is 0.508. The summed E-state index contributed by atoms with van der Waals surface area (Å²) in [5, 5.41) is 7.91. The molecule has 0 aromatic heterocycles. The molecule has 0 amide bonds. The molecule has 6 heteroatoms. The molecule has 2 N–H and O–H groups in total. The van der Waals surface area contributed by atoms with Crippen molar-refractivity contribution in [1.82, 2.24) is 0 Å². The van der Waals surface area contributed by atoms with Gasteiger partial charge >= 0.3 is 13.3 Å². The number of rotatable bonds is 3. The van der Waals surface area contributed by atoms with Gasteiger partial charge in [-0.15, -0.1) is 0 Å². The van der Waals surface area contributed by atoms with E-state index in [4.69, 9.17) is 10.00 Å². The Bertz CT molecular complexity index is 152. The average molecular weight is 153 g/mol. The maximum absolute atomic E-state index is 10.2. The van der Waals surface area contributed by atoms with Crippen molar-refractivity contribution in [2.75, 3.05) is 6.61 Å². The largest absolute Gasteiger partial charge is 0.472 e. The van der Waals surface area contributed by atoms with Crippen LogP contribution in [0.25, 0.3) is 0 Å². The molecule has 0 fully saturated rings. The van der Waals surface area contributed by atoms with Crippen LogP contribution in [-0.2, 0) is 9.09 Å². The molecule has 0 aliphatic rings. The highest BCUT2D eigenvalue weighted by molar-refractivity contribution is 7.70. The first-order valence-electron chi connectivity index (χ1n) is 2.01. The van der Waals surface area contributed by atoms with Crippen molar-refractivity contribution in [3.63, 3.8) is 0 Å². The van der Waals surface area contributed by atoms with Gasteiger partial charge in [-0.3, -0.25) is 0 Å². The summed E-state index contributed by atoms with van der Waals surface area (Å²) in [5.74, 6) is 0. The molecule has 9 heavy (non-hydrogen) atoms. The van der Waals surface area contributed by atoms with E-state index >= 15 is 0 Å². The van der Waals surface area contributed by atoms with E-state index in [-0.39, 0.29) is 6.61 Å². The van der Waals surface area contributed by atoms with Gasteiger partial charge in [0.05, 0.1) is 6.61 Å². The fourth-order valence-corrected chi connectivity index (χ4v) is 0.537. The Balaban J connectivity index is 4.04. The van der Waals surface area contributed by atoms with E-state index in [0.717, 1.165) is 0 Å². The van der Waals surface area contributed by atoms with Gasteiger partial charge in [0.1, 0.15) is 0 Å². The van der Waals surface area contributed by atoms with Gasteiger partial charge in [-0.1, -0.05) is 0 Å². The highest BCUT2D eigenvalue weighted by Gasteiger charge is 2.28. The van der Waals surface area contributed by atoms with Gasteiger partial charge in [0.15, 0.2) is 0 Å². The van der Waals surface area contributed by atoms with Crippen LogP contribution in [0.2, 0.25) is 0 Å². The summed E-state index contributed by atoms with van der Waals surface area (Å²) in [6.45, 7) is 2.70. The molecule has 1 unspecified atom stereocenters. The summed E-state index contributed by atoms with van der Waals surface area (Å²) in [7, 11) is -4.41. The van der Waals surface area contributed by atoms with Gasteiger partial charge in [-0.05, 0) is 6.92 Å². The van der Waals surface area contributed by atoms with Crippen LogP contribution in [0.1, 0.15) is 0 Å². The van der Waals surface area contributed by atoms with Crippen LogP contribution in [0.4, 0.5) is 4.79 Å². The lowest BCUT2D eigenvalue weighted by Crippen LogP contribution is -1.98. The molecule has 0 saturated carbocycles. The summed E-state index contributed by atoms with van der Waals surface area (Å²) < 4.78 is 14.1. The fourth-order valence-electron chi connectivity index (χ4n) is 0.179. The molecule has 5 nitrogen and oxygen atoms in total. The van der Waals surface area contributed by atoms with E-state index in [9.17, 15) is 9.36 Å². The van der Waals surface area contributed by atoms with Gasteiger partial charge in [0.25, 0.3) is 0 Å². The van der Waals surface area contributed by atoms with E-state index in [0.29, 0.717) is 0 Å². The van der Waals surface area contributed by atoms with Gasteiger partial charge in [-0.2, -0.15) is 0 Å². The zero-order valence-corrected chi connectivity index (χ0v) is 5.38. The Kier molecular flexibility index (Phi) is 2.84. The topological polar surface area (TPSA) is 83.8 Å². The standard InChI is InChI=1S/C3H6O5P/c1-2-8-9(6,7)3(4)5/h1-2H2,(H,4,5)(H,6,7). The van der Waals surface area contributed by atoms with E-state index in [1.165, 1.54) is 0 Å². The SMILES string of the molecule is [CH2]COP(=O)(O)C(=O)O. The van der Waals surface area contributed by atoms with Crippen molar-refractivity contribution in [2.24, 2.45) is 0 Å². The van der Waals surface area contributed by atoms with Crippen LogP contribution in [-0.4, -0.2) is 22.3 Å². The smallest absolute Gasteiger partial charge is 0.435 e. The van der Waals surface area contributed by atoms with Crippen LogP contribution in [0.3, 0.4) is 0 Å². The molecule has 0 spiro atoms. The molecule has 1 radical (unpaired) electrons. The quantitative estimate of drug-likeness (QED) is 0.583. The lowest BCUT2D eigenvalue weighted by Gasteiger charge is -2.02. The maximum Gasteiger partial charge on any atom is 0.435 e. The van der Waals surface area contributed by atoms with Crippen molar-refractivity contribution in [2.45, 2.75) is 0 Å². The minimum atomic E-state index is -4.41. The molecule has 0 saturated heterocycles. The Labute approximate surface area is 51.8 Å². The van der Waals surface area contributed by atoms with Crippen molar-refractivity contribution in [3.05, 3.63) is 6.92 Å². The Morgan fingerprint density at radius 3 is 2.33 bits per heavy atom. The van der Waals surface area contributed by atoms with Crippen molar-refractivity contribution in [1.29, 1.82) is 0 Å². The molecule has 0 rings (SSSR count). The second kappa shape index (κ2) is 2.96. The first kappa shape index (κ1) is 8.62. The van der Waals surface area contributed by atoms with E-state index < -0.39 is 13.3 Å². The number of carboxylic acid groups (broad SMARTS) is 1. The number of hydrogen-bond acceptors (Lipinski definition) is 3. The summed E-state index contributed by atoms with van der Waals surface area (Å²) in [5.41, 5.74) is -1.86. The van der Waals surface area contributed by atoms with E-state index in [1.54, 1.807) is 0 Å². The molecule has 53 valence electrons. The molecule has 0 aromatic carbocycles. The van der Waals surface area contributed by atoms with Gasteiger partial charge < -0.3 is 14.5 Å². The van der Waals surface area contributed by atoms with Crippen LogP contribution in [0, 0.1) is 6.92 Å². The molecule has 0 aromatic rings. The lowest BCUT2D eigenvalue weighted by atomic mass is 10.9. The first-order valence-corrected chi connectivity index (χ1v) is 3.58. The Hall–Kier alpha value is -0.380. The first-order chi connectivity index (χ1) is 4.00. The van der Waals surface area contributed by atoms with Crippen LogP contribution >= 0.6 is 7.60 Å². The Morgan fingerprint density at radius 2 is 2.22 bits per heavy atom. The zero-order chi connectivity index (χ0) is 7.49. The summed E-state index contributed by atoms with van der Waals surface area (Å²) in [6.07, 6.45) is 0. The predicted octanol–water partition coefficient (Wildman–Crippen LogP) is 0.700. The average Bonchev–Trinajstić information content (AvgIpc) is 1.65. The van der Waals surface area contributed by atoms with Crippen LogP contribution in [0.15, 0.2) is 0 Å². The number of hydrogen-bond donors (Lipinski definition) is 2. The van der Waals surface area contributed by atoms with Gasteiger partial charge in [0, 0.05) is 0 Å². The molecule has 0 bridgehead atoms. The lowest BCUT2D eigenvalue weighted by molar-refractivity contribution is 0.200. The summed E-state index contributed by atoms with van der Waals surface area (Å²) in [6, 6.07) is 0. The second-order valence-electron chi connectivity index (χ2n) is 1.14. The maximum atomic E-state index is 10.2. The highest BCUT2D eigenvalue weighted by Crippen LogP contribution is 2.41. The minimum absolute atomic E-state index is 0.333.